The Morgan fingerprint density at radius 2 is 0.931 bits per heavy atom. The fraction of sp³-hybridized carbons (Fsp3) is 0.0545. The topological polar surface area (TPSA) is 25.8 Å². The molecular formula is C55H38N2S. The van der Waals surface area contributed by atoms with Crippen LogP contribution in [0.4, 0.5) is 0 Å². The molecule has 10 aromatic rings. The van der Waals surface area contributed by atoms with Crippen LogP contribution in [0.2, 0.25) is 0 Å². The summed E-state index contributed by atoms with van der Waals surface area (Å²) < 4.78 is 2.59. The molecular weight excluding hydrogens is 721 g/mol. The van der Waals surface area contributed by atoms with Gasteiger partial charge in [-0.05, 0) is 104 Å². The average molecular weight is 759 g/mol. The van der Waals surface area contributed by atoms with Gasteiger partial charge in [0.05, 0.1) is 11.4 Å². The molecule has 0 unspecified atom stereocenters. The first-order valence-electron chi connectivity index (χ1n) is 19.9. The Balaban J connectivity index is 1.08. The van der Waals surface area contributed by atoms with Crippen molar-refractivity contribution in [2.75, 3.05) is 0 Å². The van der Waals surface area contributed by atoms with E-state index in [0.29, 0.717) is 5.82 Å². The second kappa shape index (κ2) is 13.6. The molecule has 2 heterocycles. The number of thiophene rings is 1. The molecule has 2 nitrogen and oxygen atoms in total. The molecule has 58 heavy (non-hydrogen) atoms. The molecule has 0 amide bonds. The van der Waals surface area contributed by atoms with Crippen molar-refractivity contribution in [3.8, 4) is 78.4 Å². The van der Waals surface area contributed by atoms with Crippen molar-refractivity contribution in [2.45, 2.75) is 19.3 Å². The number of nitrogens with zero attached hydrogens (tertiary/aromatic N) is 2. The van der Waals surface area contributed by atoms with E-state index >= 15 is 0 Å². The molecule has 0 radical (unpaired) electrons. The predicted octanol–water partition coefficient (Wildman–Crippen LogP) is 15.2. The van der Waals surface area contributed by atoms with Crippen molar-refractivity contribution >= 4 is 31.5 Å². The number of rotatable bonds is 6. The maximum atomic E-state index is 5.32. The number of benzene rings is 8. The first-order chi connectivity index (χ1) is 28.5. The highest BCUT2D eigenvalue weighted by molar-refractivity contribution is 7.25. The fourth-order valence-corrected chi connectivity index (χ4v) is 10.1. The molecule has 0 saturated heterocycles. The van der Waals surface area contributed by atoms with Crippen LogP contribution in [0.5, 0.6) is 0 Å². The Labute approximate surface area is 342 Å². The minimum Gasteiger partial charge on any atom is -0.228 e. The first kappa shape index (κ1) is 34.3. The lowest BCUT2D eigenvalue weighted by Gasteiger charge is -2.22. The van der Waals surface area contributed by atoms with E-state index < -0.39 is 0 Å². The van der Waals surface area contributed by atoms with E-state index in [1.807, 2.05) is 17.4 Å². The Bertz CT molecular complexity index is 3190. The molecule has 2 aromatic heterocycles. The van der Waals surface area contributed by atoms with E-state index in [1.165, 1.54) is 59.1 Å². The highest BCUT2D eigenvalue weighted by atomic mass is 32.1. The standard InChI is InChI=1S/C55H38N2S/c1-55(2)47-24-11-9-21-44(47)45-28-27-38(33-48(45)55)37-19-13-20-39(29-37)49-34-50(57-54(56-49)36-17-7-4-8-18-36)42-31-40(35-15-5-3-6-16-35)30-41(32-42)43-23-14-26-52-53(43)46-22-10-12-25-51(46)58-52/h3-34H,1-2H3. The second-order valence-corrected chi connectivity index (χ2v) is 16.9. The van der Waals surface area contributed by atoms with Crippen molar-refractivity contribution < 1.29 is 0 Å². The molecule has 1 aliphatic carbocycles. The number of hydrogen-bond donors (Lipinski definition) is 0. The van der Waals surface area contributed by atoms with Gasteiger partial charge in [0.2, 0.25) is 0 Å². The molecule has 274 valence electrons. The summed E-state index contributed by atoms with van der Waals surface area (Å²) >= 11 is 1.85. The van der Waals surface area contributed by atoms with Crippen molar-refractivity contribution in [1.29, 1.82) is 0 Å². The van der Waals surface area contributed by atoms with E-state index in [2.05, 4.69) is 202 Å². The van der Waals surface area contributed by atoms with E-state index in [9.17, 15) is 0 Å². The van der Waals surface area contributed by atoms with Crippen molar-refractivity contribution in [1.82, 2.24) is 9.97 Å². The van der Waals surface area contributed by atoms with Crippen molar-refractivity contribution in [3.05, 3.63) is 205 Å². The number of aromatic nitrogens is 2. The Kier molecular flexibility index (Phi) is 8.06. The Morgan fingerprint density at radius 1 is 0.362 bits per heavy atom. The summed E-state index contributed by atoms with van der Waals surface area (Å²) in [5.41, 5.74) is 17.3. The molecule has 0 atom stereocenters. The van der Waals surface area contributed by atoms with Gasteiger partial charge in [0.15, 0.2) is 5.82 Å². The quantitative estimate of drug-likeness (QED) is 0.169. The lowest BCUT2D eigenvalue weighted by atomic mass is 9.81. The van der Waals surface area contributed by atoms with E-state index in [0.717, 1.165) is 44.8 Å². The van der Waals surface area contributed by atoms with Gasteiger partial charge in [0, 0.05) is 42.3 Å². The molecule has 11 rings (SSSR count). The van der Waals surface area contributed by atoms with Gasteiger partial charge in [-0.15, -0.1) is 11.3 Å². The van der Waals surface area contributed by atoms with E-state index in [-0.39, 0.29) is 5.41 Å². The lowest BCUT2D eigenvalue weighted by Crippen LogP contribution is -2.14. The number of hydrogen-bond acceptors (Lipinski definition) is 3. The van der Waals surface area contributed by atoms with Gasteiger partial charge >= 0.3 is 0 Å². The van der Waals surface area contributed by atoms with E-state index in [1.54, 1.807) is 0 Å². The smallest absolute Gasteiger partial charge is 0.160 e. The highest BCUT2D eigenvalue weighted by Gasteiger charge is 2.35. The maximum absolute atomic E-state index is 5.32. The molecule has 3 heteroatoms. The molecule has 0 spiro atoms. The molecule has 1 aliphatic rings. The molecule has 0 fully saturated rings. The Hall–Kier alpha value is -6.94. The molecule has 0 aliphatic heterocycles. The minimum atomic E-state index is -0.0686. The van der Waals surface area contributed by atoms with Crippen LogP contribution >= 0.6 is 11.3 Å². The summed E-state index contributed by atoms with van der Waals surface area (Å²) in [4.78, 5) is 10.6. The molecule has 0 saturated carbocycles. The van der Waals surface area contributed by atoms with Crippen LogP contribution < -0.4 is 0 Å². The fourth-order valence-electron chi connectivity index (χ4n) is 8.94. The summed E-state index contributed by atoms with van der Waals surface area (Å²) in [6.45, 7) is 4.68. The van der Waals surface area contributed by atoms with Crippen molar-refractivity contribution in [2.24, 2.45) is 0 Å². The van der Waals surface area contributed by atoms with Crippen LogP contribution in [0.15, 0.2) is 194 Å². The summed E-state index contributed by atoms with van der Waals surface area (Å²) in [7, 11) is 0. The third-order valence-corrected chi connectivity index (χ3v) is 13.0. The largest absolute Gasteiger partial charge is 0.228 e. The Morgan fingerprint density at radius 3 is 1.78 bits per heavy atom. The number of fused-ring (bicyclic) bond motifs is 6. The second-order valence-electron chi connectivity index (χ2n) is 15.8. The average Bonchev–Trinajstić information content (AvgIpc) is 3.78. The van der Waals surface area contributed by atoms with Crippen LogP contribution in [0.3, 0.4) is 0 Å². The zero-order chi connectivity index (χ0) is 38.8. The first-order valence-corrected chi connectivity index (χ1v) is 20.7. The van der Waals surface area contributed by atoms with Gasteiger partial charge in [-0.3, -0.25) is 0 Å². The minimum absolute atomic E-state index is 0.0686. The molecule has 0 bridgehead atoms. The summed E-state index contributed by atoms with van der Waals surface area (Å²) in [6, 6.07) is 70.2. The van der Waals surface area contributed by atoms with Crippen LogP contribution in [-0.4, -0.2) is 9.97 Å². The van der Waals surface area contributed by atoms with Gasteiger partial charge in [-0.1, -0.05) is 159 Å². The van der Waals surface area contributed by atoms with Gasteiger partial charge in [-0.25, -0.2) is 9.97 Å². The highest BCUT2D eigenvalue weighted by Crippen LogP contribution is 2.50. The summed E-state index contributed by atoms with van der Waals surface area (Å²) in [5.74, 6) is 0.702. The van der Waals surface area contributed by atoms with Crippen LogP contribution in [0.1, 0.15) is 25.0 Å². The zero-order valence-electron chi connectivity index (χ0n) is 32.3. The van der Waals surface area contributed by atoms with Gasteiger partial charge in [-0.2, -0.15) is 0 Å². The molecule has 0 N–H and O–H groups in total. The van der Waals surface area contributed by atoms with Crippen LogP contribution in [0.25, 0.3) is 98.6 Å². The van der Waals surface area contributed by atoms with Crippen molar-refractivity contribution in [3.63, 3.8) is 0 Å². The summed E-state index contributed by atoms with van der Waals surface area (Å²) in [6.07, 6.45) is 0. The zero-order valence-corrected chi connectivity index (χ0v) is 33.1. The third-order valence-electron chi connectivity index (χ3n) is 11.9. The van der Waals surface area contributed by atoms with Gasteiger partial charge < -0.3 is 0 Å². The predicted molar refractivity (Wildman–Crippen MR) is 245 cm³/mol. The molecule has 8 aromatic carbocycles. The van der Waals surface area contributed by atoms with Crippen LogP contribution in [0, 0.1) is 0 Å². The van der Waals surface area contributed by atoms with Gasteiger partial charge in [0.25, 0.3) is 0 Å². The monoisotopic (exact) mass is 758 g/mol. The third kappa shape index (κ3) is 5.78. The SMILES string of the molecule is CC1(C)c2ccccc2-c2ccc(-c3cccc(-c4cc(-c5cc(-c6ccccc6)cc(-c6cccc7sc8ccccc8c67)c5)nc(-c5ccccc5)n4)c3)cc21. The van der Waals surface area contributed by atoms with Crippen LogP contribution in [-0.2, 0) is 5.41 Å². The van der Waals surface area contributed by atoms with Gasteiger partial charge in [0.1, 0.15) is 0 Å². The normalized spacial score (nSPS) is 12.8. The lowest BCUT2D eigenvalue weighted by molar-refractivity contribution is 0.660. The summed E-state index contributed by atoms with van der Waals surface area (Å²) in [5, 5.41) is 2.58. The maximum Gasteiger partial charge on any atom is 0.160 e. The van der Waals surface area contributed by atoms with E-state index in [4.69, 9.17) is 9.97 Å².